The van der Waals surface area contributed by atoms with Gasteiger partial charge in [-0.05, 0) is 31.2 Å². The van der Waals surface area contributed by atoms with Crippen LogP contribution in [0, 0.1) is 17.0 Å². The summed E-state index contributed by atoms with van der Waals surface area (Å²) in [7, 11) is 1.42. The van der Waals surface area contributed by atoms with E-state index in [0.717, 1.165) is 0 Å². The Labute approximate surface area is 115 Å². The fraction of sp³-hybridized carbons (Fsp3) is 0.231. The van der Waals surface area contributed by atoms with Crippen molar-refractivity contribution in [3.05, 3.63) is 50.2 Å². The summed E-state index contributed by atoms with van der Waals surface area (Å²) in [5.41, 5.74) is 0.674. The van der Waals surface area contributed by atoms with Gasteiger partial charge in [-0.25, -0.2) is 0 Å². The summed E-state index contributed by atoms with van der Waals surface area (Å²) < 4.78 is 4.96. The Hall–Kier alpha value is -2.08. The maximum absolute atomic E-state index is 10.9. The van der Waals surface area contributed by atoms with E-state index in [9.17, 15) is 10.1 Å². The predicted molar refractivity (Wildman–Crippen MR) is 76.0 cm³/mol. The largest absolute Gasteiger partial charge is 0.490 e. The minimum absolute atomic E-state index is 0.0325. The molecule has 1 N–H and O–H groups in total. The van der Waals surface area contributed by atoms with Gasteiger partial charge in [0.1, 0.15) is 0 Å². The molecular weight excluding hydrogens is 264 g/mol. The van der Waals surface area contributed by atoms with Gasteiger partial charge in [0.15, 0.2) is 5.75 Å². The molecule has 1 aromatic heterocycles. The predicted octanol–water partition coefficient (Wildman–Crippen LogP) is 3.59. The van der Waals surface area contributed by atoms with Crippen LogP contribution < -0.4 is 10.1 Å². The third-order valence-electron chi connectivity index (χ3n) is 2.64. The number of aryl methyl sites for hydroxylation is 1. The highest BCUT2D eigenvalue weighted by molar-refractivity contribution is 7.11. The Morgan fingerprint density at radius 1 is 1.37 bits per heavy atom. The van der Waals surface area contributed by atoms with Gasteiger partial charge in [-0.3, -0.25) is 10.1 Å². The first-order valence-electron chi connectivity index (χ1n) is 5.72. The fourth-order valence-electron chi connectivity index (χ4n) is 1.71. The lowest BCUT2D eigenvalue weighted by molar-refractivity contribution is -0.385. The van der Waals surface area contributed by atoms with E-state index in [1.165, 1.54) is 22.9 Å². The van der Waals surface area contributed by atoms with Gasteiger partial charge in [0.2, 0.25) is 0 Å². The Morgan fingerprint density at radius 3 is 2.74 bits per heavy atom. The summed E-state index contributed by atoms with van der Waals surface area (Å²) in [6, 6.07) is 8.95. The van der Waals surface area contributed by atoms with Crippen LogP contribution >= 0.6 is 11.3 Å². The van der Waals surface area contributed by atoms with Gasteiger partial charge >= 0.3 is 5.69 Å². The summed E-state index contributed by atoms with van der Waals surface area (Å²) in [5.74, 6) is 0.266. The molecule has 100 valence electrons. The fourth-order valence-corrected chi connectivity index (χ4v) is 2.54. The van der Waals surface area contributed by atoms with Crippen molar-refractivity contribution in [2.24, 2.45) is 0 Å². The average molecular weight is 278 g/mol. The number of hydrogen-bond donors (Lipinski definition) is 1. The molecule has 19 heavy (non-hydrogen) atoms. The molecule has 0 aliphatic carbocycles. The highest BCUT2D eigenvalue weighted by Crippen LogP contribution is 2.30. The van der Waals surface area contributed by atoms with Gasteiger partial charge in [0.25, 0.3) is 0 Å². The molecule has 1 heterocycles. The molecule has 0 unspecified atom stereocenters. The highest BCUT2D eigenvalue weighted by Gasteiger charge is 2.14. The first-order chi connectivity index (χ1) is 9.10. The highest BCUT2D eigenvalue weighted by atomic mass is 32.1. The number of nitrogens with one attached hydrogen (secondary N) is 1. The SMILES string of the molecule is COc1ccc(NCc2ccc(C)s2)cc1[N+](=O)[O-]. The number of ether oxygens (including phenoxy) is 1. The van der Waals surface area contributed by atoms with Gasteiger partial charge in [-0.1, -0.05) is 0 Å². The van der Waals surface area contributed by atoms with E-state index >= 15 is 0 Å². The molecule has 0 spiro atoms. The molecule has 0 aliphatic heterocycles. The summed E-state index contributed by atoms with van der Waals surface area (Å²) >= 11 is 1.70. The van der Waals surface area contributed by atoms with Crippen LogP contribution in [-0.4, -0.2) is 12.0 Å². The van der Waals surface area contributed by atoms with E-state index in [1.807, 2.05) is 13.0 Å². The van der Waals surface area contributed by atoms with Crippen LogP contribution in [-0.2, 0) is 6.54 Å². The van der Waals surface area contributed by atoms with E-state index in [-0.39, 0.29) is 11.4 Å². The van der Waals surface area contributed by atoms with E-state index in [4.69, 9.17) is 4.74 Å². The quantitative estimate of drug-likeness (QED) is 0.670. The first kappa shape index (κ1) is 13.4. The van der Waals surface area contributed by atoms with E-state index in [1.54, 1.807) is 23.5 Å². The van der Waals surface area contributed by atoms with Crippen molar-refractivity contribution in [3.63, 3.8) is 0 Å². The molecule has 2 rings (SSSR count). The molecule has 5 nitrogen and oxygen atoms in total. The number of hydrogen-bond acceptors (Lipinski definition) is 5. The smallest absolute Gasteiger partial charge is 0.312 e. The Kier molecular flexibility index (Phi) is 4.01. The minimum atomic E-state index is -0.445. The second kappa shape index (κ2) is 5.71. The first-order valence-corrected chi connectivity index (χ1v) is 6.53. The number of methoxy groups -OCH3 is 1. The van der Waals surface area contributed by atoms with Crippen LogP contribution in [0.25, 0.3) is 0 Å². The Balaban J connectivity index is 2.12. The summed E-state index contributed by atoms with van der Waals surface area (Å²) in [6.07, 6.45) is 0. The number of rotatable bonds is 5. The monoisotopic (exact) mass is 278 g/mol. The number of benzene rings is 1. The molecule has 0 atom stereocenters. The second-order valence-corrected chi connectivity index (χ2v) is 5.38. The zero-order chi connectivity index (χ0) is 13.8. The number of nitrogens with zero attached hydrogens (tertiary/aromatic N) is 1. The van der Waals surface area contributed by atoms with Crippen LogP contribution in [0.1, 0.15) is 9.75 Å². The van der Waals surface area contributed by atoms with Gasteiger partial charge in [-0.15, -0.1) is 11.3 Å². The number of anilines is 1. The van der Waals surface area contributed by atoms with E-state index in [2.05, 4.69) is 11.4 Å². The van der Waals surface area contributed by atoms with Crippen molar-refractivity contribution in [2.45, 2.75) is 13.5 Å². The molecule has 0 aliphatic rings. The van der Waals surface area contributed by atoms with Crippen LogP contribution in [0.15, 0.2) is 30.3 Å². The summed E-state index contributed by atoms with van der Waals surface area (Å²) in [6.45, 7) is 2.70. The van der Waals surface area contributed by atoms with Crippen molar-refractivity contribution in [1.29, 1.82) is 0 Å². The normalized spacial score (nSPS) is 10.2. The van der Waals surface area contributed by atoms with Crippen molar-refractivity contribution >= 4 is 22.7 Å². The Bertz CT molecular complexity index is 595. The van der Waals surface area contributed by atoms with Crippen molar-refractivity contribution in [1.82, 2.24) is 0 Å². The minimum Gasteiger partial charge on any atom is -0.490 e. The van der Waals surface area contributed by atoms with Crippen LogP contribution in [0.4, 0.5) is 11.4 Å². The molecule has 1 aromatic carbocycles. The molecule has 0 amide bonds. The molecule has 0 fully saturated rings. The average Bonchev–Trinajstić information content (AvgIpc) is 2.81. The van der Waals surface area contributed by atoms with Crippen LogP contribution in [0.3, 0.4) is 0 Å². The molecule has 0 saturated heterocycles. The van der Waals surface area contributed by atoms with E-state index in [0.29, 0.717) is 12.2 Å². The summed E-state index contributed by atoms with van der Waals surface area (Å²) in [5, 5.41) is 14.1. The number of thiophene rings is 1. The lowest BCUT2D eigenvalue weighted by Crippen LogP contribution is -1.99. The lowest BCUT2D eigenvalue weighted by atomic mass is 10.2. The Morgan fingerprint density at radius 2 is 2.16 bits per heavy atom. The maximum atomic E-state index is 10.9. The van der Waals surface area contributed by atoms with Gasteiger partial charge in [-0.2, -0.15) is 0 Å². The van der Waals surface area contributed by atoms with Crippen molar-refractivity contribution < 1.29 is 9.66 Å². The molecule has 0 radical (unpaired) electrons. The molecule has 2 aromatic rings. The maximum Gasteiger partial charge on any atom is 0.312 e. The van der Waals surface area contributed by atoms with E-state index < -0.39 is 4.92 Å². The topological polar surface area (TPSA) is 64.4 Å². The van der Waals surface area contributed by atoms with Gasteiger partial charge in [0, 0.05) is 28.1 Å². The van der Waals surface area contributed by atoms with Gasteiger partial charge in [0.05, 0.1) is 12.0 Å². The standard InChI is InChI=1S/C13H14N2O3S/c1-9-3-5-11(19-9)8-14-10-4-6-13(18-2)12(7-10)15(16)17/h3-7,14H,8H2,1-2H3. The zero-order valence-corrected chi connectivity index (χ0v) is 11.5. The van der Waals surface area contributed by atoms with Crippen LogP contribution in [0.2, 0.25) is 0 Å². The molecule has 0 saturated carbocycles. The molecule has 0 bridgehead atoms. The third-order valence-corrected chi connectivity index (χ3v) is 3.64. The van der Waals surface area contributed by atoms with Crippen molar-refractivity contribution in [3.8, 4) is 5.75 Å². The number of nitro groups is 1. The van der Waals surface area contributed by atoms with Crippen LogP contribution in [0.5, 0.6) is 5.75 Å². The molecular formula is C13H14N2O3S. The summed E-state index contributed by atoms with van der Waals surface area (Å²) in [4.78, 5) is 12.9. The zero-order valence-electron chi connectivity index (χ0n) is 10.7. The van der Waals surface area contributed by atoms with Crippen molar-refractivity contribution in [2.75, 3.05) is 12.4 Å². The second-order valence-electron chi connectivity index (χ2n) is 4.01. The lowest BCUT2D eigenvalue weighted by Gasteiger charge is -2.07. The number of nitro benzene ring substituents is 1. The third kappa shape index (κ3) is 3.23. The van der Waals surface area contributed by atoms with Gasteiger partial charge < -0.3 is 10.1 Å². The molecule has 6 heteroatoms.